The number of aromatic amines is 1. The lowest BCUT2D eigenvalue weighted by Gasteiger charge is -2.13. The first-order chi connectivity index (χ1) is 12.0. The summed E-state index contributed by atoms with van der Waals surface area (Å²) < 4.78 is 10.4. The maximum atomic E-state index is 12.3. The molecule has 0 spiro atoms. The number of nitrogens with one attached hydrogen (secondary N) is 1. The first-order valence-electron chi connectivity index (χ1n) is 7.45. The second kappa shape index (κ2) is 6.56. The molecule has 0 radical (unpaired) electrons. The molecule has 1 N–H and O–H groups in total. The molecule has 3 rings (SSSR count). The van der Waals surface area contributed by atoms with Crippen molar-refractivity contribution in [1.29, 1.82) is 0 Å². The first-order valence-corrected chi connectivity index (χ1v) is 7.45. The normalized spacial score (nSPS) is 10.5. The van der Waals surface area contributed by atoms with Crippen LogP contribution in [0.2, 0.25) is 0 Å². The van der Waals surface area contributed by atoms with E-state index < -0.39 is 11.9 Å². The summed E-state index contributed by atoms with van der Waals surface area (Å²) in [7, 11) is 0. The molecule has 1 heterocycles. The molecule has 0 aliphatic carbocycles. The zero-order chi connectivity index (χ0) is 18.0. The zero-order valence-electron chi connectivity index (χ0n) is 13.5. The van der Waals surface area contributed by atoms with E-state index in [1.165, 1.54) is 26.0 Å². The third kappa shape index (κ3) is 3.40. The number of rotatable bonds is 3. The third-order valence-electron chi connectivity index (χ3n) is 3.35. The molecule has 0 aliphatic heterocycles. The minimum absolute atomic E-state index is 0.129. The number of hydrogen-bond donors (Lipinski definition) is 1. The molecular weight excluding hydrogens is 324 g/mol. The summed E-state index contributed by atoms with van der Waals surface area (Å²) in [6, 6.07) is 11.4. The van der Waals surface area contributed by atoms with E-state index in [1.807, 2.05) is 0 Å². The molecule has 7 heteroatoms. The summed E-state index contributed by atoms with van der Waals surface area (Å²) in [5, 5.41) is 0.422. The van der Waals surface area contributed by atoms with Crippen LogP contribution in [0.15, 0.2) is 47.3 Å². The van der Waals surface area contributed by atoms with Gasteiger partial charge in [-0.15, -0.1) is 0 Å². The highest BCUT2D eigenvalue weighted by molar-refractivity contribution is 5.84. The van der Waals surface area contributed by atoms with Crippen molar-refractivity contribution in [2.24, 2.45) is 0 Å². The van der Waals surface area contributed by atoms with Crippen LogP contribution in [-0.4, -0.2) is 21.9 Å². The van der Waals surface area contributed by atoms with Crippen molar-refractivity contribution in [3.05, 3.63) is 52.8 Å². The van der Waals surface area contributed by atoms with Crippen LogP contribution in [0.25, 0.3) is 22.3 Å². The van der Waals surface area contributed by atoms with Gasteiger partial charge in [-0.3, -0.25) is 14.4 Å². The molecule has 126 valence electrons. The van der Waals surface area contributed by atoms with Gasteiger partial charge in [-0.25, -0.2) is 4.98 Å². The number of hydrogen-bond acceptors (Lipinski definition) is 6. The van der Waals surface area contributed by atoms with Crippen LogP contribution in [0.4, 0.5) is 0 Å². The Morgan fingerprint density at radius 3 is 2.12 bits per heavy atom. The Morgan fingerprint density at radius 1 is 0.920 bits per heavy atom. The van der Waals surface area contributed by atoms with Crippen LogP contribution in [0.3, 0.4) is 0 Å². The van der Waals surface area contributed by atoms with Crippen LogP contribution in [-0.2, 0) is 9.59 Å². The molecule has 3 aromatic rings. The molecule has 0 saturated heterocycles. The average molecular weight is 338 g/mol. The minimum atomic E-state index is -0.552. The van der Waals surface area contributed by atoms with Crippen molar-refractivity contribution < 1.29 is 19.1 Å². The fourth-order valence-corrected chi connectivity index (χ4v) is 2.43. The van der Waals surface area contributed by atoms with Gasteiger partial charge in [0.25, 0.3) is 5.56 Å². The molecule has 0 amide bonds. The Labute approximate surface area is 142 Å². The lowest BCUT2D eigenvalue weighted by Crippen LogP contribution is -2.12. The Hall–Kier alpha value is -3.48. The molecule has 25 heavy (non-hydrogen) atoms. The lowest BCUT2D eigenvalue weighted by molar-refractivity contribution is -0.132. The van der Waals surface area contributed by atoms with E-state index in [1.54, 1.807) is 30.3 Å². The van der Waals surface area contributed by atoms with Crippen molar-refractivity contribution in [2.75, 3.05) is 0 Å². The number of fused-ring (bicyclic) bond motifs is 1. The Balaban J connectivity index is 2.28. The van der Waals surface area contributed by atoms with Crippen LogP contribution >= 0.6 is 0 Å². The SMILES string of the molecule is CC(=O)Oc1cccc(OC(C)=O)c1-c1nc2ccccc2c(=O)[nH]1. The molecular formula is C18H14N2O5. The van der Waals surface area contributed by atoms with Gasteiger partial charge in [0.1, 0.15) is 22.9 Å². The molecule has 0 bridgehead atoms. The molecule has 0 aliphatic rings. The van der Waals surface area contributed by atoms with Gasteiger partial charge in [0.2, 0.25) is 0 Å². The highest BCUT2D eigenvalue weighted by Crippen LogP contribution is 2.36. The Bertz CT molecular complexity index is 1000. The number of nitrogens with zero attached hydrogens (tertiary/aromatic N) is 1. The van der Waals surface area contributed by atoms with Gasteiger partial charge in [-0.1, -0.05) is 18.2 Å². The number of ether oxygens (including phenoxy) is 2. The van der Waals surface area contributed by atoms with Gasteiger partial charge < -0.3 is 14.5 Å². The van der Waals surface area contributed by atoms with E-state index in [4.69, 9.17) is 9.47 Å². The second-order valence-corrected chi connectivity index (χ2v) is 5.25. The Morgan fingerprint density at radius 2 is 1.52 bits per heavy atom. The summed E-state index contributed by atoms with van der Waals surface area (Å²) in [4.78, 5) is 42.2. The largest absolute Gasteiger partial charge is 0.426 e. The number of benzene rings is 2. The minimum Gasteiger partial charge on any atom is -0.426 e. The van der Waals surface area contributed by atoms with Crippen molar-refractivity contribution >= 4 is 22.8 Å². The monoisotopic (exact) mass is 338 g/mol. The van der Waals surface area contributed by atoms with Gasteiger partial charge in [-0.2, -0.15) is 0 Å². The van der Waals surface area contributed by atoms with Crippen LogP contribution in [0.5, 0.6) is 11.5 Å². The fraction of sp³-hybridized carbons (Fsp3) is 0.111. The van der Waals surface area contributed by atoms with Crippen molar-refractivity contribution in [1.82, 2.24) is 9.97 Å². The number of H-pyrrole nitrogens is 1. The van der Waals surface area contributed by atoms with Gasteiger partial charge in [0.15, 0.2) is 0 Å². The van der Waals surface area contributed by atoms with Crippen LogP contribution < -0.4 is 15.0 Å². The third-order valence-corrected chi connectivity index (χ3v) is 3.35. The molecule has 0 atom stereocenters. The molecule has 0 fully saturated rings. The highest BCUT2D eigenvalue weighted by Gasteiger charge is 2.19. The Kier molecular flexibility index (Phi) is 4.30. The second-order valence-electron chi connectivity index (χ2n) is 5.25. The van der Waals surface area contributed by atoms with E-state index >= 15 is 0 Å². The first kappa shape index (κ1) is 16.4. The van der Waals surface area contributed by atoms with E-state index in [2.05, 4.69) is 9.97 Å². The molecule has 7 nitrogen and oxygen atoms in total. The maximum Gasteiger partial charge on any atom is 0.308 e. The number of aromatic nitrogens is 2. The van der Waals surface area contributed by atoms with Crippen molar-refractivity contribution in [2.45, 2.75) is 13.8 Å². The average Bonchev–Trinajstić information content (AvgIpc) is 2.54. The van der Waals surface area contributed by atoms with Gasteiger partial charge in [-0.05, 0) is 24.3 Å². The molecule has 0 unspecified atom stereocenters. The van der Waals surface area contributed by atoms with E-state index in [0.717, 1.165) is 0 Å². The predicted molar refractivity (Wildman–Crippen MR) is 90.4 cm³/mol. The summed E-state index contributed by atoms with van der Waals surface area (Å²) in [5.41, 5.74) is 0.329. The van der Waals surface area contributed by atoms with Crippen molar-refractivity contribution in [3.8, 4) is 22.9 Å². The van der Waals surface area contributed by atoms with Crippen LogP contribution in [0.1, 0.15) is 13.8 Å². The van der Waals surface area contributed by atoms with E-state index in [-0.39, 0.29) is 28.4 Å². The van der Waals surface area contributed by atoms with E-state index in [0.29, 0.717) is 10.9 Å². The van der Waals surface area contributed by atoms with Gasteiger partial charge in [0, 0.05) is 13.8 Å². The summed E-state index contributed by atoms with van der Waals surface area (Å²) in [5.74, 6) is -0.708. The number of carbonyl (C=O) groups is 2. The van der Waals surface area contributed by atoms with Gasteiger partial charge in [0.05, 0.1) is 10.9 Å². The standard InChI is InChI=1S/C18H14N2O5/c1-10(21)24-14-8-5-9-15(25-11(2)22)16(14)17-19-13-7-4-3-6-12(13)18(23)20-17/h3-9H,1-2H3,(H,19,20,23). The smallest absolute Gasteiger partial charge is 0.308 e. The molecule has 1 aromatic heterocycles. The number of esters is 2. The predicted octanol–water partition coefficient (Wildman–Crippen LogP) is 2.44. The van der Waals surface area contributed by atoms with Crippen molar-refractivity contribution in [3.63, 3.8) is 0 Å². The number of carbonyl (C=O) groups excluding carboxylic acids is 2. The maximum absolute atomic E-state index is 12.3. The lowest BCUT2D eigenvalue weighted by atomic mass is 10.1. The summed E-state index contributed by atoms with van der Waals surface area (Å²) in [6.07, 6.45) is 0. The quantitative estimate of drug-likeness (QED) is 0.582. The summed E-state index contributed by atoms with van der Waals surface area (Å²) >= 11 is 0. The zero-order valence-corrected chi connectivity index (χ0v) is 13.5. The van der Waals surface area contributed by atoms with Gasteiger partial charge >= 0.3 is 11.9 Å². The fourth-order valence-electron chi connectivity index (χ4n) is 2.43. The van der Waals surface area contributed by atoms with E-state index in [9.17, 15) is 14.4 Å². The van der Waals surface area contributed by atoms with Crippen LogP contribution in [0, 0.1) is 0 Å². The summed E-state index contributed by atoms with van der Waals surface area (Å²) in [6.45, 7) is 2.50. The molecule has 2 aromatic carbocycles. The highest BCUT2D eigenvalue weighted by atomic mass is 16.5. The topological polar surface area (TPSA) is 98.3 Å². The number of para-hydroxylation sites is 1. The molecule has 0 saturated carbocycles.